The van der Waals surface area contributed by atoms with Crippen LogP contribution in [-0.4, -0.2) is 86.9 Å². The number of rotatable bonds is 9. The van der Waals surface area contributed by atoms with Gasteiger partial charge in [0.15, 0.2) is 0 Å². The molecule has 0 spiro atoms. The van der Waals surface area contributed by atoms with Gasteiger partial charge in [-0.15, -0.1) is 0 Å². The Kier molecular flexibility index (Phi) is 8.62. The molecule has 9 heteroatoms. The molecule has 0 aliphatic heterocycles. The molecule has 146 valence electrons. The van der Waals surface area contributed by atoms with Crippen molar-refractivity contribution >= 4 is 17.5 Å². The molecule has 0 aromatic heterocycles. The second-order valence-corrected chi connectivity index (χ2v) is 6.13. The van der Waals surface area contributed by atoms with Crippen molar-refractivity contribution < 1.29 is 35.1 Å². The lowest BCUT2D eigenvalue weighted by atomic mass is 10.0. The van der Waals surface area contributed by atoms with E-state index >= 15 is 0 Å². The van der Waals surface area contributed by atoms with Crippen LogP contribution < -0.4 is 5.32 Å². The van der Waals surface area contributed by atoms with Crippen molar-refractivity contribution in [1.29, 1.82) is 0 Å². The quantitative estimate of drug-likeness (QED) is 0.297. The maximum Gasteiger partial charge on any atom is 0.226 e. The van der Waals surface area contributed by atoms with Gasteiger partial charge in [0.1, 0.15) is 24.4 Å². The van der Waals surface area contributed by atoms with E-state index < -0.39 is 31.0 Å². The van der Waals surface area contributed by atoms with Crippen molar-refractivity contribution in [3.63, 3.8) is 0 Å². The van der Waals surface area contributed by atoms with Crippen molar-refractivity contribution in [1.82, 2.24) is 4.90 Å². The van der Waals surface area contributed by atoms with E-state index in [9.17, 15) is 30.0 Å². The molecule has 0 radical (unpaired) electrons. The number of likely N-dealkylation sites (N-methyl/N-ethyl adjacent to an activating group) is 1. The highest BCUT2D eigenvalue weighted by atomic mass is 16.4. The molecule has 2 amide bonds. The van der Waals surface area contributed by atoms with Gasteiger partial charge in [0.05, 0.1) is 13.0 Å². The summed E-state index contributed by atoms with van der Waals surface area (Å²) in [6, 6.07) is 6.69. The number of carbonyl (C=O) groups is 2. The third kappa shape index (κ3) is 6.70. The average Bonchev–Trinajstić information content (AvgIpc) is 2.60. The van der Waals surface area contributed by atoms with E-state index in [1.807, 2.05) is 0 Å². The van der Waals surface area contributed by atoms with E-state index in [-0.39, 0.29) is 24.8 Å². The molecule has 0 aliphatic carbocycles. The fourth-order valence-electron chi connectivity index (χ4n) is 2.27. The summed E-state index contributed by atoms with van der Waals surface area (Å²) in [7, 11) is 1.43. The summed E-state index contributed by atoms with van der Waals surface area (Å²) in [5.74, 6) is -0.532. The van der Waals surface area contributed by atoms with Crippen molar-refractivity contribution in [2.45, 2.75) is 37.8 Å². The van der Waals surface area contributed by atoms with E-state index in [2.05, 4.69) is 5.32 Å². The largest absolute Gasteiger partial charge is 0.394 e. The number of amides is 2. The highest BCUT2D eigenvalue weighted by Gasteiger charge is 2.31. The predicted molar refractivity (Wildman–Crippen MR) is 93.2 cm³/mol. The Hall–Kier alpha value is -2.04. The molecule has 0 saturated carbocycles. The van der Waals surface area contributed by atoms with E-state index in [1.165, 1.54) is 18.9 Å². The van der Waals surface area contributed by atoms with E-state index in [0.717, 1.165) is 0 Å². The standard InChI is InChI=1S/C17H26N2O7/c1-10(21)18-12-5-3-11(4-6-12)7-15(24)19(2)8-13(22)16(25)17(26)14(23)9-20/h3-6,13-14,16-17,20,22-23,25-26H,7-9H2,1-2H3,(H,18,21). The Morgan fingerprint density at radius 1 is 1.04 bits per heavy atom. The SMILES string of the molecule is CC(=O)Nc1ccc(CC(=O)N(C)CC(O)C(O)C(O)C(O)CO)cc1. The van der Waals surface area contributed by atoms with Gasteiger partial charge < -0.3 is 35.7 Å². The molecule has 1 aromatic rings. The molecule has 1 aromatic carbocycles. The molecule has 4 atom stereocenters. The third-order valence-electron chi connectivity index (χ3n) is 3.84. The minimum Gasteiger partial charge on any atom is -0.394 e. The van der Waals surface area contributed by atoms with Crippen LogP contribution in [0.3, 0.4) is 0 Å². The number of aliphatic hydroxyl groups excluding tert-OH is 5. The van der Waals surface area contributed by atoms with Gasteiger partial charge in [0.25, 0.3) is 0 Å². The van der Waals surface area contributed by atoms with Gasteiger partial charge in [0.2, 0.25) is 11.8 Å². The molecule has 0 saturated heterocycles. The number of hydrogen-bond acceptors (Lipinski definition) is 7. The number of hydrogen-bond donors (Lipinski definition) is 6. The second-order valence-electron chi connectivity index (χ2n) is 6.13. The summed E-state index contributed by atoms with van der Waals surface area (Å²) in [4.78, 5) is 24.4. The van der Waals surface area contributed by atoms with Crippen molar-refractivity contribution in [3.05, 3.63) is 29.8 Å². The van der Waals surface area contributed by atoms with Gasteiger partial charge in [-0.3, -0.25) is 9.59 Å². The fourth-order valence-corrected chi connectivity index (χ4v) is 2.27. The summed E-state index contributed by atoms with van der Waals surface area (Å²) in [5.41, 5.74) is 1.30. The van der Waals surface area contributed by atoms with Gasteiger partial charge in [-0.1, -0.05) is 12.1 Å². The zero-order valence-electron chi connectivity index (χ0n) is 14.7. The topological polar surface area (TPSA) is 151 Å². The van der Waals surface area contributed by atoms with Gasteiger partial charge in [-0.2, -0.15) is 0 Å². The number of benzene rings is 1. The molecule has 1 rings (SSSR count). The molecule has 0 aliphatic rings. The Balaban J connectivity index is 2.57. The summed E-state index contributed by atoms with van der Waals surface area (Å²) >= 11 is 0. The first-order chi connectivity index (χ1) is 12.1. The highest BCUT2D eigenvalue weighted by Crippen LogP contribution is 2.12. The molecule has 4 unspecified atom stereocenters. The maximum atomic E-state index is 12.2. The monoisotopic (exact) mass is 370 g/mol. The molecule has 0 heterocycles. The normalized spacial score (nSPS) is 15.7. The van der Waals surface area contributed by atoms with Gasteiger partial charge in [0, 0.05) is 26.2 Å². The molecule has 26 heavy (non-hydrogen) atoms. The Morgan fingerprint density at radius 3 is 2.08 bits per heavy atom. The van der Waals surface area contributed by atoms with Crippen molar-refractivity contribution in [2.24, 2.45) is 0 Å². The summed E-state index contributed by atoms with van der Waals surface area (Å²) in [6.45, 7) is 0.357. The zero-order valence-corrected chi connectivity index (χ0v) is 14.7. The summed E-state index contributed by atoms with van der Waals surface area (Å²) in [5, 5.41) is 49.9. The lowest BCUT2D eigenvalue weighted by Gasteiger charge is -2.28. The smallest absolute Gasteiger partial charge is 0.226 e. The van der Waals surface area contributed by atoms with Crippen LogP contribution >= 0.6 is 0 Å². The number of anilines is 1. The molecular weight excluding hydrogens is 344 g/mol. The average molecular weight is 370 g/mol. The van der Waals surface area contributed by atoms with E-state index in [4.69, 9.17) is 5.11 Å². The highest BCUT2D eigenvalue weighted by molar-refractivity contribution is 5.88. The first kappa shape index (κ1) is 22.0. The van der Waals surface area contributed by atoms with Crippen LogP contribution in [0, 0.1) is 0 Å². The third-order valence-corrected chi connectivity index (χ3v) is 3.84. The van der Waals surface area contributed by atoms with Crippen molar-refractivity contribution in [2.75, 3.05) is 25.5 Å². The van der Waals surface area contributed by atoms with Crippen molar-refractivity contribution in [3.8, 4) is 0 Å². The first-order valence-corrected chi connectivity index (χ1v) is 8.09. The van der Waals surface area contributed by atoms with Gasteiger partial charge >= 0.3 is 0 Å². The number of nitrogens with one attached hydrogen (secondary N) is 1. The molecule has 9 nitrogen and oxygen atoms in total. The summed E-state index contributed by atoms with van der Waals surface area (Å²) < 4.78 is 0. The van der Waals surface area contributed by atoms with Gasteiger partial charge in [-0.25, -0.2) is 0 Å². The molecule has 0 fully saturated rings. The lowest BCUT2D eigenvalue weighted by Crippen LogP contribution is -2.50. The molecule has 6 N–H and O–H groups in total. The Labute approximate surface area is 151 Å². The predicted octanol–water partition coefficient (Wildman–Crippen LogP) is -1.92. The minimum atomic E-state index is -1.74. The van der Waals surface area contributed by atoms with E-state index in [1.54, 1.807) is 24.3 Å². The van der Waals surface area contributed by atoms with Gasteiger partial charge in [-0.05, 0) is 17.7 Å². The molecule has 0 bridgehead atoms. The van der Waals surface area contributed by atoms with Crippen LogP contribution in [-0.2, 0) is 16.0 Å². The Bertz CT molecular complexity index is 593. The first-order valence-electron chi connectivity index (χ1n) is 8.09. The van der Waals surface area contributed by atoms with Crippen LogP contribution in [0.25, 0.3) is 0 Å². The van der Waals surface area contributed by atoms with E-state index in [0.29, 0.717) is 11.3 Å². The van der Waals surface area contributed by atoms with Crippen LogP contribution in [0.5, 0.6) is 0 Å². The molecular formula is C17H26N2O7. The Morgan fingerprint density at radius 2 is 1.58 bits per heavy atom. The number of nitrogens with zero attached hydrogens (tertiary/aromatic N) is 1. The zero-order chi connectivity index (χ0) is 19.9. The minimum absolute atomic E-state index is 0.0431. The van der Waals surface area contributed by atoms with Crippen LogP contribution in [0.15, 0.2) is 24.3 Å². The maximum absolute atomic E-state index is 12.2. The van der Waals surface area contributed by atoms with Crippen LogP contribution in [0.4, 0.5) is 5.69 Å². The fraction of sp³-hybridized carbons (Fsp3) is 0.529. The summed E-state index contributed by atoms with van der Waals surface area (Å²) in [6.07, 6.45) is -6.50. The number of aliphatic hydroxyl groups is 5. The number of carbonyl (C=O) groups excluding carboxylic acids is 2. The van der Waals surface area contributed by atoms with Crippen LogP contribution in [0.1, 0.15) is 12.5 Å². The second kappa shape index (κ2) is 10.2. The van der Waals surface area contributed by atoms with Crippen LogP contribution in [0.2, 0.25) is 0 Å². The lowest BCUT2D eigenvalue weighted by molar-refractivity contribution is -0.137.